The number of likely N-dealkylation sites (tertiary alicyclic amines) is 1. The lowest BCUT2D eigenvalue weighted by atomic mass is 9.94. The molecule has 0 aliphatic carbocycles. The average Bonchev–Trinajstić information content (AvgIpc) is 2.66. The summed E-state index contributed by atoms with van der Waals surface area (Å²) in [4.78, 5) is 25.4. The highest BCUT2D eigenvalue weighted by atomic mass is 19.4. The Labute approximate surface area is 125 Å². The molecular weight excluding hydrogens is 305 g/mol. The van der Waals surface area contributed by atoms with Crippen molar-refractivity contribution in [1.82, 2.24) is 9.80 Å². The van der Waals surface area contributed by atoms with Crippen molar-refractivity contribution in [3.63, 3.8) is 0 Å². The minimum atomic E-state index is -4.80. The Kier molecular flexibility index (Phi) is 4.22. The van der Waals surface area contributed by atoms with E-state index in [0.29, 0.717) is 0 Å². The second-order valence-corrected chi connectivity index (χ2v) is 5.26. The number of esters is 1. The molecule has 2 aliphatic rings. The Bertz CT molecular complexity index is 520. The normalized spacial score (nSPS) is 27.5. The van der Waals surface area contributed by atoms with Gasteiger partial charge in [0.25, 0.3) is 0 Å². The van der Waals surface area contributed by atoms with Gasteiger partial charge in [-0.1, -0.05) is 0 Å². The standard InChI is InChI=1S/C13H17F3N2O4/c1-3-18-9(19)6-8-7-17(5-4-12(8,18)21)10(11(20)22-2)13(14,15)16/h6,10,21H,3-5,7H2,1-2H3/t10?,12-/m1/s1. The summed E-state index contributed by atoms with van der Waals surface area (Å²) >= 11 is 0. The van der Waals surface area contributed by atoms with Gasteiger partial charge in [0.2, 0.25) is 11.9 Å². The molecule has 1 N–H and O–H groups in total. The van der Waals surface area contributed by atoms with Crippen molar-refractivity contribution in [2.75, 3.05) is 26.7 Å². The Morgan fingerprint density at radius 1 is 1.55 bits per heavy atom. The molecule has 2 rings (SSSR count). The van der Waals surface area contributed by atoms with Gasteiger partial charge >= 0.3 is 12.1 Å². The highest BCUT2D eigenvalue weighted by molar-refractivity contribution is 5.92. The Hall–Kier alpha value is -1.61. The molecule has 0 aromatic heterocycles. The van der Waals surface area contributed by atoms with Crippen molar-refractivity contribution >= 4 is 11.9 Å². The van der Waals surface area contributed by atoms with E-state index in [1.807, 2.05) is 0 Å². The van der Waals surface area contributed by atoms with Gasteiger partial charge < -0.3 is 14.7 Å². The van der Waals surface area contributed by atoms with Crippen molar-refractivity contribution in [3.05, 3.63) is 11.6 Å². The zero-order valence-electron chi connectivity index (χ0n) is 12.2. The van der Waals surface area contributed by atoms with Crippen LogP contribution in [0.5, 0.6) is 0 Å². The Morgan fingerprint density at radius 2 is 2.18 bits per heavy atom. The maximum absolute atomic E-state index is 13.1. The van der Waals surface area contributed by atoms with E-state index in [9.17, 15) is 27.9 Å². The number of aliphatic hydroxyl groups is 1. The number of nitrogens with zero attached hydrogens (tertiary/aromatic N) is 2. The average molecular weight is 322 g/mol. The van der Waals surface area contributed by atoms with Crippen molar-refractivity contribution in [3.8, 4) is 0 Å². The van der Waals surface area contributed by atoms with E-state index < -0.39 is 29.8 Å². The van der Waals surface area contributed by atoms with E-state index in [-0.39, 0.29) is 31.6 Å². The van der Waals surface area contributed by atoms with Crippen LogP contribution >= 0.6 is 0 Å². The first-order chi connectivity index (χ1) is 10.1. The van der Waals surface area contributed by atoms with E-state index in [0.717, 1.165) is 18.1 Å². The Morgan fingerprint density at radius 3 is 2.68 bits per heavy atom. The third-order valence-corrected chi connectivity index (χ3v) is 4.06. The number of alkyl halides is 3. The Balaban J connectivity index is 2.27. The monoisotopic (exact) mass is 322 g/mol. The molecule has 1 unspecified atom stereocenters. The number of amides is 1. The quantitative estimate of drug-likeness (QED) is 0.756. The molecule has 2 heterocycles. The van der Waals surface area contributed by atoms with Gasteiger partial charge in [-0.2, -0.15) is 13.2 Å². The van der Waals surface area contributed by atoms with Gasteiger partial charge in [-0.25, -0.2) is 4.79 Å². The lowest BCUT2D eigenvalue weighted by molar-refractivity contribution is -0.206. The first kappa shape index (κ1) is 16.8. The SMILES string of the molecule is CCN1C(=O)C=C2CN(C(C(=O)OC)C(F)(F)F)CC[C@@]21O. The van der Waals surface area contributed by atoms with Crippen molar-refractivity contribution in [2.24, 2.45) is 0 Å². The first-order valence-electron chi connectivity index (χ1n) is 6.78. The van der Waals surface area contributed by atoms with Crippen molar-refractivity contribution in [2.45, 2.75) is 31.3 Å². The van der Waals surface area contributed by atoms with E-state index in [1.54, 1.807) is 6.92 Å². The number of halogens is 3. The molecule has 22 heavy (non-hydrogen) atoms. The number of methoxy groups -OCH3 is 1. The largest absolute Gasteiger partial charge is 0.468 e. The third-order valence-electron chi connectivity index (χ3n) is 4.06. The topological polar surface area (TPSA) is 70.1 Å². The molecule has 0 spiro atoms. The number of hydrogen-bond acceptors (Lipinski definition) is 5. The molecule has 124 valence electrons. The van der Waals surface area contributed by atoms with Crippen LogP contribution in [0.4, 0.5) is 13.2 Å². The number of carbonyl (C=O) groups is 2. The van der Waals surface area contributed by atoms with Gasteiger partial charge in [-0.05, 0) is 6.92 Å². The molecule has 0 aromatic carbocycles. The molecular formula is C13H17F3N2O4. The fraction of sp³-hybridized carbons (Fsp3) is 0.692. The minimum absolute atomic E-state index is 0.0953. The lowest BCUT2D eigenvalue weighted by Crippen LogP contribution is -2.60. The van der Waals surface area contributed by atoms with Crippen molar-refractivity contribution in [1.29, 1.82) is 0 Å². The maximum atomic E-state index is 13.1. The van der Waals surface area contributed by atoms with E-state index in [4.69, 9.17) is 0 Å². The number of rotatable bonds is 3. The van der Waals surface area contributed by atoms with Gasteiger partial charge in [0.1, 0.15) is 0 Å². The molecule has 2 atom stereocenters. The van der Waals surface area contributed by atoms with Gasteiger partial charge in [0, 0.05) is 37.7 Å². The van der Waals surface area contributed by atoms with Gasteiger partial charge in [0.05, 0.1) is 7.11 Å². The fourth-order valence-electron chi connectivity index (χ4n) is 3.00. The number of piperidine rings is 1. The van der Waals surface area contributed by atoms with Crippen LogP contribution in [0.25, 0.3) is 0 Å². The van der Waals surface area contributed by atoms with Gasteiger partial charge in [-0.15, -0.1) is 0 Å². The van der Waals surface area contributed by atoms with Crippen LogP contribution in [-0.4, -0.2) is 71.5 Å². The smallest absolute Gasteiger partial charge is 0.414 e. The summed E-state index contributed by atoms with van der Waals surface area (Å²) < 4.78 is 43.5. The molecule has 0 aromatic rings. The zero-order valence-corrected chi connectivity index (χ0v) is 12.2. The van der Waals surface area contributed by atoms with Crippen LogP contribution < -0.4 is 0 Å². The van der Waals surface area contributed by atoms with Crippen LogP contribution in [0.15, 0.2) is 11.6 Å². The highest BCUT2D eigenvalue weighted by Crippen LogP contribution is 2.38. The van der Waals surface area contributed by atoms with Crippen LogP contribution in [-0.2, 0) is 14.3 Å². The van der Waals surface area contributed by atoms with Crippen LogP contribution in [0, 0.1) is 0 Å². The number of fused-ring (bicyclic) bond motifs is 1. The van der Waals surface area contributed by atoms with Crippen molar-refractivity contribution < 1.29 is 32.6 Å². The molecule has 9 heteroatoms. The minimum Gasteiger partial charge on any atom is -0.468 e. The summed E-state index contributed by atoms with van der Waals surface area (Å²) in [5.74, 6) is -1.85. The fourth-order valence-corrected chi connectivity index (χ4v) is 3.00. The summed E-state index contributed by atoms with van der Waals surface area (Å²) in [5.41, 5.74) is -1.39. The van der Waals surface area contributed by atoms with Gasteiger partial charge in [-0.3, -0.25) is 9.69 Å². The molecule has 2 aliphatic heterocycles. The number of carbonyl (C=O) groups excluding carboxylic acids is 2. The number of likely N-dealkylation sites (N-methyl/N-ethyl adjacent to an activating group) is 1. The van der Waals surface area contributed by atoms with Gasteiger partial charge in [0.15, 0.2) is 5.72 Å². The third kappa shape index (κ3) is 2.58. The molecule has 0 saturated carbocycles. The second-order valence-electron chi connectivity index (χ2n) is 5.26. The number of hydrogen-bond donors (Lipinski definition) is 1. The summed E-state index contributed by atoms with van der Waals surface area (Å²) in [6.07, 6.45) is -3.75. The second kappa shape index (κ2) is 5.54. The molecule has 0 radical (unpaired) electrons. The summed E-state index contributed by atoms with van der Waals surface area (Å²) in [7, 11) is 0.887. The number of ether oxygens (including phenoxy) is 1. The predicted molar refractivity (Wildman–Crippen MR) is 68.5 cm³/mol. The summed E-state index contributed by atoms with van der Waals surface area (Å²) in [6.45, 7) is 1.41. The highest BCUT2D eigenvalue weighted by Gasteiger charge is 2.55. The van der Waals surface area contributed by atoms with Crippen LogP contribution in [0.1, 0.15) is 13.3 Å². The lowest BCUT2D eigenvalue weighted by Gasteiger charge is -2.44. The van der Waals surface area contributed by atoms with E-state index in [1.165, 1.54) is 4.90 Å². The van der Waals surface area contributed by atoms with E-state index in [2.05, 4.69) is 4.74 Å². The summed E-state index contributed by atoms with van der Waals surface area (Å²) in [6, 6.07) is -2.41. The molecule has 1 fully saturated rings. The molecule has 1 amide bonds. The molecule has 1 saturated heterocycles. The summed E-state index contributed by atoms with van der Waals surface area (Å²) in [5, 5.41) is 10.6. The maximum Gasteiger partial charge on any atom is 0.414 e. The van der Waals surface area contributed by atoms with Crippen LogP contribution in [0.3, 0.4) is 0 Å². The van der Waals surface area contributed by atoms with Crippen LogP contribution in [0.2, 0.25) is 0 Å². The van der Waals surface area contributed by atoms with E-state index >= 15 is 0 Å². The molecule has 0 bridgehead atoms. The molecule has 6 nitrogen and oxygen atoms in total. The first-order valence-corrected chi connectivity index (χ1v) is 6.78. The zero-order chi connectivity index (χ0) is 16.7. The predicted octanol–water partition coefficient (Wildman–Crippen LogP) is 0.273.